The molecule has 1 N–H and O–H groups in total. The quantitative estimate of drug-likeness (QED) is 0.667. The molecule has 0 bridgehead atoms. The predicted octanol–water partition coefficient (Wildman–Crippen LogP) is 4.50. The molecule has 1 heterocycles. The summed E-state index contributed by atoms with van der Waals surface area (Å²) in [7, 11) is 0. The van der Waals surface area contributed by atoms with Crippen molar-refractivity contribution < 1.29 is 9.53 Å². The molecule has 3 aromatic rings. The van der Waals surface area contributed by atoms with E-state index in [1.54, 1.807) is 12.3 Å². The largest absolute Gasteiger partial charge is 0.439 e. The Bertz CT molecular complexity index is 836. The molecular formula is C20H17BrN2O2. The van der Waals surface area contributed by atoms with Crippen molar-refractivity contribution in [1.82, 2.24) is 10.3 Å². The van der Waals surface area contributed by atoms with Crippen LogP contribution in [0.5, 0.6) is 11.6 Å². The first kappa shape index (κ1) is 17.2. The fraction of sp³-hybridized carbons (Fsp3) is 0.100. The maximum Gasteiger partial charge on any atom is 0.224 e. The summed E-state index contributed by atoms with van der Waals surface area (Å²) in [5, 5.41) is 2.93. The number of aromatic nitrogens is 1. The van der Waals surface area contributed by atoms with Gasteiger partial charge in [-0.3, -0.25) is 4.79 Å². The Hall–Kier alpha value is -2.66. The number of nitrogens with zero attached hydrogens (tertiary/aromatic N) is 1. The van der Waals surface area contributed by atoms with Crippen LogP contribution in [-0.4, -0.2) is 10.9 Å². The summed E-state index contributed by atoms with van der Waals surface area (Å²) >= 11 is 3.39. The SMILES string of the molecule is O=C(Cc1ccc(Br)cc1)NCc1cccc(Oc2ccccn2)c1. The van der Waals surface area contributed by atoms with Crippen LogP contribution in [0.25, 0.3) is 0 Å². The molecule has 4 nitrogen and oxygen atoms in total. The van der Waals surface area contributed by atoms with Gasteiger partial charge in [0.05, 0.1) is 6.42 Å². The molecule has 3 rings (SSSR count). The van der Waals surface area contributed by atoms with E-state index >= 15 is 0 Å². The van der Waals surface area contributed by atoms with Gasteiger partial charge >= 0.3 is 0 Å². The lowest BCUT2D eigenvalue weighted by Crippen LogP contribution is -2.24. The second kappa shape index (κ2) is 8.44. The highest BCUT2D eigenvalue weighted by Crippen LogP contribution is 2.20. The van der Waals surface area contributed by atoms with E-state index in [9.17, 15) is 4.79 Å². The van der Waals surface area contributed by atoms with Crippen molar-refractivity contribution in [3.05, 3.63) is 88.5 Å². The molecule has 0 unspecified atom stereocenters. The van der Waals surface area contributed by atoms with Gasteiger partial charge in [0.15, 0.2) is 0 Å². The summed E-state index contributed by atoms with van der Waals surface area (Å²) in [5.41, 5.74) is 1.95. The predicted molar refractivity (Wildman–Crippen MR) is 100 cm³/mol. The van der Waals surface area contributed by atoms with E-state index in [1.807, 2.05) is 60.7 Å². The lowest BCUT2D eigenvalue weighted by Gasteiger charge is -2.08. The number of halogens is 1. The number of benzene rings is 2. The number of ether oxygens (including phenoxy) is 1. The van der Waals surface area contributed by atoms with Crippen LogP contribution in [0, 0.1) is 0 Å². The molecule has 2 aromatic carbocycles. The average molecular weight is 397 g/mol. The number of carbonyl (C=O) groups excluding carboxylic acids is 1. The molecule has 1 aromatic heterocycles. The van der Waals surface area contributed by atoms with Crippen molar-refractivity contribution in [3.63, 3.8) is 0 Å². The monoisotopic (exact) mass is 396 g/mol. The highest BCUT2D eigenvalue weighted by Gasteiger charge is 2.05. The third-order valence-electron chi connectivity index (χ3n) is 3.53. The van der Waals surface area contributed by atoms with Crippen LogP contribution in [0.15, 0.2) is 77.4 Å². The summed E-state index contributed by atoms with van der Waals surface area (Å²) in [4.78, 5) is 16.2. The van der Waals surface area contributed by atoms with E-state index in [0.29, 0.717) is 24.6 Å². The van der Waals surface area contributed by atoms with E-state index in [1.165, 1.54) is 0 Å². The van der Waals surface area contributed by atoms with Crippen molar-refractivity contribution in [2.45, 2.75) is 13.0 Å². The molecule has 0 aliphatic heterocycles. The molecule has 25 heavy (non-hydrogen) atoms. The molecule has 0 fully saturated rings. The summed E-state index contributed by atoms with van der Waals surface area (Å²) < 4.78 is 6.71. The highest BCUT2D eigenvalue weighted by atomic mass is 79.9. The molecule has 0 spiro atoms. The van der Waals surface area contributed by atoms with Crippen molar-refractivity contribution in [3.8, 4) is 11.6 Å². The Morgan fingerprint density at radius 1 is 1.00 bits per heavy atom. The summed E-state index contributed by atoms with van der Waals surface area (Å²) in [6, 6.07) is 20.8. The molecule has 5 heteroatoms. The first-order chi connectivity index (χ1) is 12.2. The Morgan fingerprint density at radius 2 is 1.84 bits per heavy atom. The minimum atomic E-state index is -0.0154. The summed E-state index contributed by atoms with van der Waals surface area (Å²) in [6.45, 7) is 0.453. The molecule has 0 aliphatic carbocycles. The van der Waals surface area contributed by atoms with E-state index < -0.39 is 0 Å². The molecule has 1 amide bonds. The molecule has 0 radical (unpaired) electrons. The lowest BCUT2D eigenvalue weighted by molar-refractivity contribution is -0.120. The Kier molecular flexibility index (Phi) is 5.80. The van der Waals surface area contributed by atoms with Gasteiger partial charge in [0.1, 0.15) is 5.75 Å². The summed E-state index contributed by atoms with van der Waals surface area (Å²) in [5.74, 6) is 1.22. The van der Waals surface area contributed by atoms with Gasteiger partial charge in [0, 0.05) is 23.3 Å². The van der Waals surface area contributed by atoms with E-state index in [4.69, 9.17) is 4.74 Å². The van der Waals surface area contributed by atoms with Gasteiger partial charge in [0.2, 0.25) is 11.8 Å². The van der Waals surface area contributed by atoms with E-state index in [2.05, 4.69) is 26.2 Å². The number of pyridine rings is 1. The normalized spacial score (nSPS) is 10.3. The second-order valence-electron chi connectivity index (χ2n) is 5.50. The molecular weight excluding hydrogens is 380 g/mol. The highest BCUT2D eigenvalue weighted by molar-refractivity contribution is 9.10. The third-order valence-corrected chi connectivity index (χ3v) is 4.05. The fourth-order valence-electron chi connectivity index (χ4n) is 2.30. The van der Waals surface area contributed by atoms with Crippen molar-refractivity contribution >= 4 is 21.8 Å². The van der Waals surface area contributed by atoms with E-state index in [-0.39, 0.29) is 5.91 Å². The smallest absolute Gasteiger partial charge is 0.224 e. The fourth-order valence-corrected chi connectivity index (χ4v) is 2.56. The van der Waals surface area contributed by atoms with Crippen LogP contribution in [0.4, 0.5) is 0 Å². The standard InChI is InChI=1S/C20H17BrN2O2/c21-17-9-7-15(8-10-17)13-19(24)23-14-16-4-3-5-18(12-16)25-20-6-1-2-11-22-20/h1-12H,13-14H2,(H,23,24). The third kappa shape index (κ3) is 5.43. The zero-order valence-corrected chi connectivity index (χ0v) is 15.1. The Morgan fingerprint density at radius 3 is 2.60 bits per heavy atom. The molecule has 0 saturated heterocycles. The average Bonchev–Trinajstić information content (AvgIpc) is 2.63. The van der Waals surface area contributed by atoms with Crippen LogP contribution in [0.3, 0.4) is 0 Å². The Labute approximate surface area is 155 Å². The van der Waals surface area contributed by atoms with Crippen LogP contribution < -0.4 is 10.1 Å². The number of nitrogens with one attached hydrogen (secondary N) is 1. The maximum atomic E-state index is 12.1. The van der Waals surface area contributed by atoms with Crippen molar-refractivity contribution in [2.75, 3.05) is 0 Å². The maximum absolute atomic E-state index is 12.1. The molecule has 126 valence electrons. The summed E-state index contributed by atoms with van der Waals surface area (Å²) in [6.07, 6.45) is 2.04. The van der Waals surface area contributed by atoms with Crippen molar-refractivity contribution in [1.29, 1.82) is 0 Å². The first-order valence-electron chi connectivity index (χ1n) is 7.88. The van der Waals surface area contributed by atoms with Crippen LogP contribution >= 0.6 is 15.9 Å². The molecule has 0 saturated carbocycles. The van der Waals surface area contributed by atoms with Crippen LogP contribution in [0.2, 0.25) is 0 Å². The van der Waals surface area contributed by atoms with Gasteiger partial charge < -0.3 is 10.1 Å². The Balaban J connectivity index is 1.55. The zero-order chi connectivity index (χ0) is 17.5. The molecule has 0 aliphatic rings. The molecule has 0 atom stereocenters. The number of hydrogen-bond acceptors (Lipinski definition) is 3. The zero-order valence-electron chi connectivity index (χ0n) is 13.5. The van der Waals surface area contributed by atoms with Crippen molar-refractivity contribution in [2.24, 2.45) is 0 Å². The van der Waals surface area contributed by atoms with Gasteiger partial charge in [-0.05, 0) is 41.5 Å². The number of amides is 1. The van der Waals surface area contributed by atoms with Crippen LogP contribution in [0.1, 0.15) is 11.1 Å². The van der Waals surface area contributed by atoms with Gasteiger partial charge in [-0.2, -0.15) is 0 Å². The number of rotatable bonds is 6. The number of hydrogen-bond donors (Lipinski definition) is 1. The van der Waals surface area contributed by atoms with Gasteiger partial charge in [-0.15, -0.1) is 0 Å². The van der Waals surface area contributed by atoms with Gasteiger partial charge in [-0.25, -0.2) is 4.98 Å². The van der Waals surface area contributed by atoms with Gasteiger partial charge in [-0.1, -0.05) is 46.3 Å². The topological polar surface area (TPSA) is 51.2 Å². The minimum absolute atomic E-state index is 0.0154. The first-order valence-corrected chi connectivity index (χ1v) is 8.67. The minimum Gasteiger partial charge on any atom is -0.439 e. The van der Waals surface area contributed by atoms with E-state index in [0.717, 1.165) is 15.6 Å². The second-order valence-corrected chi connectivity index (χ2v) is 6.41. The van der Waals surface area contributed by atoms with Crippen LogP contribution in [-0.2, 0) is 17.8 Å². The number of carbonyl (C=O) groups is 1. The van der Waals surface area contributed by atoms with Gasteiger partial charge in [0.25, 0.3) is 0 Å². The lowest BCUT2D eigenvalue weighted by atomic mass is 10.1.